The van der Waals surface area contributed by atoms with Crippen LogP contribution in [0.15, 0.2) is 0 Å². The molecule has 0 saturated heterocycles. The van der Waals surface area contributed by atoms with Crippen molar-refractivity contribution in [2.24, 2.45) is 11.8 Å². The number of ketones is 1. The van der Waals surface area contributed by atoms with Gasteiger partial charge in [-0.25, -0.2) is 0 Å². The van der Waals surface area contributed by atoms with Crippen LogP contribution in [0.3, 0.4) is 0 Å². The van der Waals surface area contributed by atoms with E-state index in [0.29, 0.717) is 5.78 Å². The summed E-state index contributed by atoms with van der Waals surface area (Å²) in [5.74, 6) is 0.405. The van der Waals surface area contributed by atoms with Crippen LogP contribution in [0.1, 0.15) is 32.6 Å². The third-order valence-electron chi connectivity index (χ3n) is 3.08. The summed E-state index contributed by atoms with van der Waals surface area (Å²) in [5, 5.41) is 0. The van der Waals surface area contributed by atoms with Gasteiger partial charge in [-0.15, -0.1) is 0 Å². The second kappa shape index (κ2) is 5.47. The molecule has 1 aliphatic rings. The maximum absolute atomic E-state index is 11.9. The molecular formula is C11H20O3. The van der Waals surface area contributed by atoms with Gasteiger partial charge in [-0.3, -0.25) is 4.79 Å². The maximum atomic E-state index is 11.9. The second-order valence-corrected chi connectivity index (χ2v) is 4.01. The summed E-state index contributed by atoms with van der Waals surface area (Å²) in [6, 6.07) is 0. The van der Waals surface area contributed by atoms with Gasteiger partial charge in [-0.2, -0.15) is 0 Å². The van der Waals surface area contributed by atoms with Crippen molar-refractivity contribution in [3.8, 4) is 0 Å². The van der Waals surface area contributed by atoms with Gasteiger partial charge in [0.25, 0.3) is 0 Å². The van der Waals surface area contributed by atoms with Crippen LogP contribution in [0.25, 0.3) is 0 Å². The van der Waals surface area contributed by atoms with E-state index in [9.17, 15) is 4.79 Å². The van der Waals surface area contributed by atoms with E-state index >= 15 is 0 Å². The van der Waals surface area contributed by atoms with Gasteiger partial charge in [0.1, 0.15) is 5.78 Å². The van der Waals surface area contributed by atoms with Crippen molar-refractivity contribution in [1.29, 1.82) is 0 Å². The van der Waals surface area contributed by atoms with Gasteiger partial charge < -0.3 is 9.47 Å². The first kappa shape index (κ1) is 11.7. The van der Waals surface area contributed by atoms with E-state index in [4.69, 9.17) is 9.47 Å². The molecule has 82 valence electrons. The van der Waals surface area contributed by atoms with Crippen molar-refractivity contribution in [2.75, 3.05) is 14.2 Å². The standard InChI is InChI=1S/C11H20O3/c1-8(11(13-2)14-3)10(12)9-6-4-5-7-9/h8-9,11H,4-7H2,1-3H3. The molecule has 1 unspecified atom stereocenters. The van der Waals surface area contributed by atoms with E-state index in [-0.39, 0.29) is 18.1 Å². The van der Waals surface area contributed by atoms with Crippen molar-refractivity contribution >= 4 is 5.78 Å². The largest absolute Gasteiger partial charge is 0.355 e. The average Bonchev–Trinajstić information content (AvgIpc) is 2.71. The van der Waals surface area contributed by atoms with Crippen molar-refractivity contribution in [3.63, 3.8) is 0 Å². The van der Waals surface area contributed by atoms with Gasteiger partial charge in [0.15, 0.2) is 6.29 Å². The number of hydrogen-bond donors (Lipinski definition) is 0. The lowest BCUT2D eigenvalue weighted by molar-refractivity contribution is -0.156. The first-order valence-corrected chi connectivity index (χ1v) is 5.30. The highest BCUT2D eigenvalue weighted by Gasteiger charge is 2.31. The number of Topliss-reactive ketones (excluding diaryl/α,β-unsaturated/α-hetero) is 1. The van der Waals surface area contributed by atoms with Crippen LogP contribution >= 0.6 is 0 Å². The Bertz CT molecular complexity index is 181. The molecule has 0 aromatic rings. The highest BCUT2D eigenvalue weighted by Crippen LogP contribution is 2.29. The lowest BCUT2D eigenvalue weighted by atomic mass is 9.92. The molecule has 1 saturated carbocycles. The third-order valence-corrected chi connectivity index (χ3v) is 3.08. The highest BCUT2D eigenvalue weighted by molar-refractivity contribution is 5.83. The van der Waals surface area contributed by atoms with Crippen LogP contribution in [0, 0.1) is 11.8 Å². The molecule has 1 rings (SSSR count). The first-order valence-electron chi connectivity index (χ1n) is 5.30. The molecule has 0 aromatic carbocycles. The van der Waals surface area contributed by atoms with Crippen LogP contribution in [-0.2, 0) is 14.3 Å². The molecule has 1 fully saturated rings. The number of methoxy groups -OCH3 is 2. The molecule has 0 bridgehead atoms. The Morgan fingerprint density at radius 3 is 2.14 bits per heavy atom. The Morgan fingerprint density at radius 2 is 1.71 bits per heavy atom. The number of hydrogen-bond acceptors (Lipinski definition) is 3. The number of rotatable bonds is 5. The predicted molar refractivity (Wildman–Crippen MR) is 53.9 cm³/mol. The van der Waals surface area contributed by atoms with Crippen molar-refractivity contribution in [3.05, 3.63) is 0 Å². The minimum absolute atomic E-state index is 0.145. The molecular weight excluding hydrogens is 180 g/mol. The van der Waals surface area contributed by atoms with E-state index in [1.54, 1.807) is 14.2 Å². The smallest absolute Gasteiger partial charge is 0.166 e. The van der Waals surface area contributed by atoms with Crippen molar-refractivity contribution < 1.29 is 14.3 Å². The van der Waals surface area contributed by atoms with Crippen LogP contribution in [0.4, 0.5) is 0 Å². The summed E-state index contributed by atoms with van der Waals surface area (Å²) < 4.78 is 10.2. The Kier molecular flexibility index (Phi) is 4.55. The summed E-state index contributed by atoms with van der Waals surface area (Å²) >= 11 is 0. The fourth-order valence-electron chi connectivity index (χ4n) is 2.22. The highest BCUT2D eigenvalue weighted by atomic mass is 16.7. The molecule has 14 heavy (non-hydrogen) atoms. The summed E-state index contributed by atoms with van der Waals surface area (Å²) in [6.07, 6.45) is 4.08. The Hall–Kier alpha value is -0.410. The molecule has 0 radical (unpaired) electrons. The van der Waals surface area contributed by atoms with Crippen molar-refractivity contribution in [2.45, 2.75) is 38.9 Å². The van der Waals surface area contributed by atoms with E-state index in [1.807, 2.05) is 6.92 Å². The van der Waals surface area contributed by atoms with Gasteiger partial charge in [0.2, 0.25) is 0 Å². The van der Waals surface area contributed by atoms with Gasteiger partial charge in [-0.05, 0) is 12.8 Å². The van der Waals surface area contributed by atoms with E-state index < -0.39 is 0 Å². The molecule has 0 aliphatic heterocycles. The zero-order valence-electron chi connectivity index (χ0n) is 9.29. The first-order chi connectivity index (χ1) is 6.70. The molecule has 0 aromatic heterocycles. The third kappa shape index (κ3) is 2.55. The molecule has 0 spiro atoms. The predicted octanol–water partition coefficient (Wildman–Crippen LogP) is 2.00. The van der Waals surface area contributed by atoms with Crippen molar-refractivity contribution in [1.82, 2.24) is 0 Å². The SMILES string of the molecule is COC(OC)C(C)C(=O)C1CCCC1. The Labute approximate surface area is 85.8 Å². The minimum atomic E-state index is -0.386. The summed E-state index contributed by atoms with van der Waals surface area (Å²) in [5.41, 5.74) is 0. The number of carbonyl (C=O) groups is 1. The van der Waals surface area contributed by atoms with Crippen LogP contribution in [0.5, 0.6) is 0 Å². The molecule has 0 amide bonds. The average molecular weight is 200 g/mol. The lowest BCUT2D eigenvalue weighted by Gasteiger charge is -2.22. The fraction of sp³-hybridized carbons (Fsp3) is 0.909. The zero-order valence-corrected chi connectivity index (χ0v) is 9.29. The topological polar surface area (TPSA) is 35.5 Å². The molecule has 1 atom stereocenters. The molecule has 3 nitrogen and oxygen atoms in total. The Balaban J connectivity index is 2.49. The normalized spacial score (nSPS) is 20.3. The zero-order chi connectivity index (χ0) is 10.6. The quantitative estimate of drug-likeness (QED) is 0.637. The summed E-state index contributed by atoms with van der Waals surface area (Å²) in [6.45, 7) is 1.89. The van der Waals surface area contributed by atoms with Crippen LogP contribution in [0.2, 0.25) is 0 Å². The van der Waals surface area contributed by atoms with E-state index in [0.717, 1.165) is 12.8 Å². The van der Waals surface area contributed by atoms with Gasteiger partial charge in [-0.1, -0.05) is 19.8 Å². The molecule has 1 aliphatic carbocycles. The fourth-order valence-corrected chi connectivity index (χ4v) is 2.22. The summed E-state index contributed by atoms with van der Waals surface area (Å²) in [7, 11) is 3.15. The summed E-state index contributed by atoms with van der Waals surface area (Å²) in [4.78, 5) is 11.9. The second-order valence-electron chi connectivity index (χ2n) is 4.01. The maximum Gasteiger partial charge on any atom is 0.166 e. The van der Waals surface area contributed by atoms with Gasteiger partial charge in [0, 0.05) is 20.1 Å². The number of ether oxygens (including phenoxy) is 2. The van der Waals surface area contributed by atoms with Crippen LogP contribution in [-0.4, -0.2) is 26.3 Å². The monoisotopic (exact) mass is 200 g/mol. The van der Waals surface area contributed by atoms with Gasteiger partial charge in [0.05, 0.1) is 5.92 Å². The van der Waals surface area contributed by atoms with Crippen LogP contribution < -0.4 is 0 Å². The van der Waals surface area contributed by atoms with E-state index in [1.165, 1.54) is 12.8 Å². The van der Waals surface area contributed by atoms with E-state index in [2.05, 4.69) is 0 Å². The molecule has 0 heterocycles. The van der Waals surface area contributed by atoms with Gasteiger partial charge >= 0.3 is 0 Å². The Morgan fingerprint density at radius 1 is 1.21 bits per heavy atom. The minimum Gasteiger partial charge on any atom is -0.355 e. The lowest BCUT2D eigenvalue weighted by Crippen LogP contribution is -2.32. The molecule has 0 N–H and O–H groups in total. The number of carbonyl (C=O) groups excluding carboxylic acids is 1. The molecule has 3 heteroatoms.